The van der Waals surface area contributed by atoms with Gasteiger partial charge in [-0.1, -0.05) is 40.0 Å². The first kappa shape index (κ1) is 13.4. The van der Waals surface area contributed by atoms with Gasteiger partial charge in [0, 0.05) is 12.1 Å². The van der Waals surface area contributed by atoms with Crippen molar-refractivity contribution in [1.29, 1.82) is 0 Å². The molecule has 0 aliphatic heterocycles. The molecule has 0 amide bonds. The Morgan fingerprint density at radius 1 is 0.941 bits per heavy atom. The molecule has 1 heteroatoms. The molecule has 0 heterocycles. The van der Waals surface area contributed by atoms with E-state index in [1.807, 2.05) is 0 Å². The van der Waals surface area contributed by atoms with Gasteiger partial charge in [-0.3, -0.25) is 0 Å². The summed E-state index contributed by atoms with van der Waals surface area (Å²) in [6.07, 6.45) is 11.4. The van der Waals surface area contributed by atoms with E-state index in [0.29, 0.717) is 0 Å². The largest absolute Gasteiger partial charge is 0.311 e. The van der Waals surface area contributed by atoms with Crippen molar-refractivity contribution in [2.75, 3.05) is 0 Å². The topological polar surface area (TPSA) is 12.0 Å². The van der Waals surface area contributed by atoms with Crippen LogP contribution in [-0.4, -0.2) is 12.1 Å². The summed E-state index contributed by atoms with van der Waals surface area (Å²) < 4.78 is 0. The first-order chi connectivity index (χ1) is 8.20. The Labute approximate surface area is 108 Å². The SMILES string of the molecule is CCC1CCCCC1NC1CCC(C)C(C)C1. The minimum atomic E-state index is 0.818. The van der Waals surface area contributed by atoms with Crippen LogP contribution in [0, 0.1) is 17.8 Å². The predicted octanol–water partition coefficient (Wildman–Crippen LogP) is 4.37. The molecule has 5 unspecified atom stereocenters. The Balaban J connectivity index is 1.83. The van der Waals surface area contributed by atoms with Crippen LogP contribution < -0.4 is 5.32 Å². The predicted molar refractivity (Wildman–Crippen MR) is 75.1 cm³/mol. The molecule has 2 aliphatic carbocycles. The van der Waals surface area contributed by atoms with Crippen LogP contribution in [0.1, 0.15) is 72.1 Å². The summed E-state index contributed by atoms with van der Waals surface area (Å²) in [5.74, 6) is 2.82. The van der Waals surface area contributed by atoms with Crippen molar-refractivity contribution in [2.24, 2.45) is 17.8 Å². The van der Waals surface area contributed by atoms with Gasteiger partial charge in [0.25, 0.3) is 0 Å². The van der Waals surface area contributed by atoms with Crippen LogP contribution >= 0.6 is 0 Å². The summed E-state index contributed by atoms with van der Waals surface area (Å²) in [4.78, 5) is 0. The first-order valence-electron chi connectivity index (χ1n) is 7.96. The van der Waals surface area contributed by atoms with Crippen molar-refractivity contribution < 1.29 is 0 Å². The van der Waals surface area contributed by atoms with Gasteiger partial charge in [-0.25, -0.2) is 0 Å². The molecule has 0 saturated heterocycles. The molecule has 0 spiro atoms. The van der Waals surface area contributed by atoms with Crippen LogP contribution in [0.4, 0.5) is 0 Å². The van der Waals surface area contributed by atoms with Crippen LogP contribution in [0.2, 0.25) is 0 Å². The molecule has 2 fully saturated rings. The number of hydrogen-bond donors (Lipinski definition) is 1. The molecule has 2 saturated carbocycles. The molecule has 0 aromatic rings. The molecule has 2 rings (SSSR count). The van der Waals surface area contributed by atoms with E-state index in [4.69, 9.17) is 0 Å². The van der Waals surface area contributed by atoms with Gasteiger partial charge in [0.15, 0.2) is 0 Å². The van der Waals surface area contributed by atoms with Crippen molar-refractivity contribution in [3.8, 4) is 0 Å². The Morgan fingerprint density at radius 2 is 1.71 bits per heavy atom. The Kier molecular flexibility index (Phi) is 4.90. The van der Waals surface area contributed by atoms with Crippen LogP contribution in [0.15, 0.2) is 0 Å². The molecular formula is C16H31N. The van der Waals surface area contributed by atoms with Crippen LogP contribution in [0.5, 0.6) is 0 Å². The van der Waals surface area contributed by atoms with Gasteiger partial charge in [-0.15, -0.1) is 0 Å². The summed E-state index contributed by atoms with van der Waals surface area (Å²) in [7, 11) is 0. The minimum Gasteiger partial charge on any atom is -0.311 e. The van der Waals surface area contributed by atoms with E-state index in [0.717, 1.165) is 29.8 Å². The van der Waals surface area contributed by atoms with Crippen molar-refractivity contribution in [3.63, 3.8) is 0 Å². The molecule has 0 bridgehead atoms. The maximum Gasteiger partial charge on any atom is 0.00978 e. The standard InChI is InChI=1S/C16H31N/c1-4-14-7-5-6-8-16(14)17-15-10-9-12(2)13(3)11-15/h12-17H,4-11H2,1-3H3. The third kappa shape index (κ3) is 3.47. The number of hydrogen-bond acceptors (Lipinski definition) is 1. The lowest BCUT2D eigenvalue weighted by Crippen LogP contribution is -2.46. The van der Waals surface area contributed by atoms with E-state index in [1.54, 1.807) is 0 Å². The summed E-state index contributed by atoms with van der Waals surface area (Å²) >= 11 is 0. The maximum atomic E-state index is 4.01. The van der Waals surface area contributed by atoms with E-state index in [1.165, 1.54) is 51.4 Å². The van der Waals surface area contributed by atoms with Crippen LogP contribution in [0.25, 0.3) is 0 Å². The molecule has 5 atom stereocenters. The van der Waals surface area contributed by atoms with Crippen molar-refractivity contribution in [1.82, 2.24) is 5.32 Å². The van der Waals surface area contributed by atoms with Gasteiger partial charge >= 0.3 is 0 Å². The van der Waals surface area contributed by atoms with Crippen LogP contribution in [-0.2, 0) is 0 Å². The monoisotopic (exact) mass is 237 g/mol. The van der Waals surface area contributed by atoms with Gasteiger partial charge in [0.05, 0.1) is 0 Å². The van der Waals surface area contributed by atoms with Crippen LogP contribution in [0.3, 0.4) is 0 Å². The molecule has 1 nitrogen and oxygen atoms in total. The molecule has 0 aromatic carbocycles. The summed E-state index contributed by atoms with van der Waals surface area (Å²) in [6.45, 7) is 7.24. The summed E-state index contributed by atoms with van der Waals surface area (Å²) in [6, 6.07) is 1.65. The lowest BCUT2D eigenvalue weighted by Gasteiger charge is -2.39. The van der Waals surface area contributed by atoms with Crippen molar-refractivity contribution >= 4 is 0 Å². The molecule has 0 aromatic heterocycles. The average molecular weight is 237 g/mol. The Hall–Kier alpha value is -0.0400. The van der Waals surface area contributed by atoms with Crippen molar-refractivity contribution in [3.05, 3.63) is 0 Å². The second kappa shape index (κ2) is 6.22. The van der Waals surface area contributed by atoms with Gasteiger partial charge < -0.3 is 5.32 Å². The zero-order valence-electron chi connectivity index (χ0n) is 12.0. The number of rotatable bonds is 3. The second-order valence-corrected chi connectivity index (χ2v) is 6.69. The summed E-state index contributed by atoms with van der Waals surface area (Å²) in [5, 5.41) is 4.01. The molecular weight excluding hydrogens is 206 g/mol. The maximum absolute atomic E-state index is 4.01. The van der Waals surface area contributed by atoms with Gasteiger partial charge in [-0.2, -0.15) is 0 Å². The Morgan fingerprint density at radius 3 is 2.41 bits per heavy atom. The highest BCUT2D eigenvalue weighted by Crippen LogP contribution is 2.32. The van der Waals surface area contributed by atoms with E-state index in [-0.39, 0.29) is 0 Å². The highest BCUT2D eigenvalue weighted by Gasteiger charge is 2.29. The lowest BCUT2D eigenvalue weighted by atomic mass is 9.77. The van der Waals surface area contributed by atoms with E-state index < -0.39 is 0 Å². The van der Waals surface area contributed by atoms with Crippen molar-refractivity contribution in [2.45, 2.75) is 84.2 Å². The minimum absolute atomic E-state index is 0.818. The van der Waals surface area contributed by atoms with Gasteiger partial charge in [0.2, 0.25) is 0 Å². The molecule has 17 heavy (non-hydrogen) atoms. The third-order valence-electron chi connectivity index (χ3n) is 5.48. The van der Waals surface area contributed by atoms with E-state index in [9.17, 15) is 0 Å². The fourth-order valence-corrected chi connectivity index (χ4v) is 3.92. The highest BCUT2D eigenvalue weighted by molar-refractivity contribution is 4.86. The fraction of sp³-hybridized carbons (Fsp3) is 1.00. The quantitative estimate of drug-likeness (QED) is 0.768. The zero-order chi connectivity index (χ0) is 12.3. The Bertz CT molecular complexity index is 226. The van der Waals surface area contributed by atoms with Gasteiger partial charge in [0.1, 0.15) is 0 Å². The number of nitrogens with one attached hydrogen (secondary N) is 1. The molecule has 2 aliphatic rings. The summed E-state index contributed by atoms with van der Waals surface area (Å²) in [5.41, 5.74) is 0. The average Bonchev–Trinajstić information content (AvgIpc) is 2.34. The second-order valence-electron chi connectivity index (χ2n) is 6.69. The third-order valence-corrected chi connectivity index (χ3v) is 5.48. The lowest BCUT2D eigenvalue weighted by molar-refractivity contribution is 0.175. The molecule has 1 N–H and O–H groups in total. The first-order valence-corrected chi connectivity index (χ1v) is 7.96. The van der Waals surface area contributed by atoms with Gasteiger partial charge in [-0.05, 0) is 49.9 Å². The normalized spacial score (nSPS) is 43.6. The van der Waals surface area contributed by atoms with E-state index >= 15 is 0 Å². The fourth-order valence-electron chi connectivity index (χ4n) is 3.92. The smallest absolute Gasteiger partial charge is 0.00978 e. The van der Waals surface area contributed by atoms with E-state index in [2.05, 4.69) is 26.1 Å². The highest BCUT2D eigenvalue weighted by atomic mass is 15.0. The molecule has 100 valence electrons. The molecule has 0 radical (unpaired) electrons. The zero-order valence-corrected chi connectivity index (χ0v) is 12.0.